The summed E-state index contributed by atoms with van der Waals surface area (Å²) in [6, 6.07) is 1.11. The molecule has 1 heterocycles. The second-order valence-corrected chi connectivity index (χ2v) is 3.79. The van der Waals surface area contributed by atoms with Gasteiger partial charge in [0.15, 0.2) is 0 Å². The van der Waals surface area contributed by atoms with Gasteiger partial charge in [-0.25, -0.2) is 0 Å². The molecule has 17 heavy (non-hydrogen) atoms. The maximum atomic E-state index is 11.7. The van der Waals surface area contributed by atoms with Crippen LogP contribution in [0.3, 0.4) is 0 Å². The molecular weight excluding hydrogens is 216 g/mol. The highest BCUT2D eigenvalue weighted by atomic mass is 16.2. The number of amides is 1. The van der Waals surface area contributed by atoms with Crippen LogP contribution in [0.5, 0.6) is 0 Å². The van der Waals surface area contributed by atoms with Crippen molar-refractivity contribution in [2.45, 2.75) is 12.5 Å². The molecule has 0 aliphatic carbocycles. The van der Waals surface area contributed by atoms with Gasteiger partial charge in [0.25, 0.3) is 0 Å². The predicted octanol–water partition coefficient (Wildman–Crippen LogP) is 0.437. The number of nitrogens with zero attached hydrogens (tertiary/aromatic N) is 2. The van der Waals surface area contributed by atoms with Crippen LogP contribution in [-0.4, -0.2) is 31.0 Å². The number of pyridine rings is 1. The lowest BCUT2D eigenvalue weighted by atomic mass is 10.2. The Morgan fingerprint density at radius 2 is 2.41 bits per heavy atom. The van der Waals surface area contributed by atoms with E-state index in [-0.39, 0.29) is 12.3 Å². The van der Waals surface area contributed by atoms with E-state index in [0.29, 0.717) is 5.69 Å². The van der Waals surface area contributed by atoms with Crippen LogP contribution in [0.15, 0.2) is 18.5 Å². The highest BCUT2D eigenvalue weighted by Crippen LogP contribution is 2.22. The Kier molecular flexibility index (Phi) is 4.49. The summed E-state index contributed by atoms with van der Waals surface area (Å²) < 4.78 is 0. The number of carbonyl (C=O) groups excluding carboxylic acids is 1. The van der Waals surface area contributed by atoms with Gasteiger partial charge in [-0.15, -0.1) is 12.3 Å². The molecule has 0 saturated carbocycles. The molecule has 0 fully saturated rings. The first-order valence-corrected chi connectivity index (χ1v) is 5.17. The van der Waals surface area contributed by atoms with E-state index in [1.54, 1.807) is 12.4 Å². The van der Waals surface area contributed by atoms with Crippen molar-refractivity contribution in [3.8, 4) is 12.3 Å². The lowest BCUT2D eigenvalue weighted by molar-refractivity contribution is -0.117. The average Bonchev–Trinajstić information content (AvgIpc) is 2.29. The zero-order chi connectivity index (χ0) is 12.8. The van der Waals surface area contributed by atoms with E-state index in [0.717, 1.165) is 5.69 Å². The Morgan fingerprint density at radius 1 is 1.71 bits per heavy atom. The Morgan fingerprint density at radius 3 is 3.00 bits per heavy atom. The summed E-state index contributed by atoms with van der Waals surface area (Å²) in [4.78, 5) is 17.5. The molecule has 1 rings (SSSR count). The third kappa shape index (κ3) is 3.47. The van der Waals surface area contributed by atoms with Gasteiger partial charge in [-0.05, 0) is 6.07 Å². The van der Waals surface area contributed by atoms with Crippen molar-refractivity contribution < 1.29 is 4.79 Å². The van der Waals surface area contributed by atoms with Crippen LogP contribution in [0.1, 0.15) is 6.42 Å². The smallest absolute Gasteiger partial charge is 0.242 e. The van der Waals surface area contributed by atoms with Crippen LogP contribution in [0, 0.1) is 12.3 Å². The topological polar surface area (TPSA) is 71.2 Å². The standard InChI is InChI=1S/C12H16N4O/c1-4-5-9(13)12(17)15-10-8-14-7-6-11(10)16(2)3/h1,6-9H,5,13H2,2-3H3,(H,15,17). The van der Waals surface area contributed by atoms with Gasteiger partial charge in [-0.3, -0.25) is 9.78 Å². The number of anilines is 2. The molecule has 0 bridgehead atoms. The minimum atomic E-state index is -0.699. The number of hydrogen-bond donors (Lipinski definition) is 2. The molecule has 1 amide bonds. The second-order valence-electron chi connectivity index (χ2n) is 3.79. The first kappa shape index (κ1) is 13.0. The van der Waals surface area contributed by atoms with Crippen LogP contribution < -0.4 is 16.0 Å². The molecule has 0 spiro atoms. The molecule has 1 unspecified atom stereocenters. The van der Waals surface area contributed by atoms with Crippen molar-refractivity contribution in [3.63, 3.8) is 0 Å². The van der Waals surface area contributed by atoms with E-state index in [1.165, 1.54) is 0 Å². The lowest BCUT2D eigenvalue weighted by Gasteiger charge is -2.18. The van der Waals surface area contributed by atoms with Crippen LogP contribution in [0.4, 0.5) is 11.4 Å². The summed E-state index contributed by atoms with van der Waals surface area (Å²) in [7, 11) is 3.76. The molecule has 5 nitrogen and oxygen atoms in total. The van der Waals surface area contributed by atoms with Crippen LogP contribution in [0.25, 0.3) is 0 Å². The summed E-state index contributed by atoms with van der Waals surface area (Å²) in [5, 5.41) is 2.71. The third-order valence-corrected chi connectivity index (χ3v) is 2.21. The Balaban J connectivity index is 2.82. The summed E-state index contributed by atoms with van der Waals surface area (Å²) in [5.74, 6) is 2.05. The first-order valence-electron chi connectivity index (χ1n) is 5.17. The zero-order valence-corrected chi connectivity index (χ0v) is 9.97. The number of terminal acetylenes is 1. The normalized spacial score (nSPS) is 11.4. The van der Waals surface area contributed by atoms with E-state index in [9.17, 15) is 4.79 Å². The Labute approximate surface area is 101 Å². The number of carbonyl (C=O) groups is 1. The third-order valence-electron chi connectivity index (χ3n) is 2.21. The highest BCUT2D eigenvalue weighted by Gasteiger charge is 2.14. The van der Waals surface area contributed by atoms with Crippen LogP contribution >= 0.6 is 0 Å². The van der Waals surface area contributed by atoms with E-state index in [4.69, 9.17) is 12.2 Å². The number of nitrogens with one attached hydrogen (secondary N) is 1. The summed E-state index contributed by atoms with van der Waals surface area (Å²) >= 11 is 0. The molecule has 1 aromatic heterocycles. The second kappa shape index (κ2) is 5.87. The lowest BCUT2D eigenvalue weighted by Crippen LogP contribution is -2.35. The highest BCUT2D eigenvalue weighted by molar-refractivity contribution is 5.97. The Bertz CT molecular complexity index is 436. The minimum Gasteiger partial charge on any atom is -0.376 e. The van der Waals surface area contributed by atoms with E-state index >= 15 is 0 Å². The van der Waals surface area contributed by atoms with Crippen molar-refractivity contribution in [1.29, 1.82) is 0 Å². The van der Waals surface area contributed by atoms with Gasteiger partial charge in [0.1, 0.15) is 0 Å². The zero-order valence-electron chi connectivity index (χ0n) is 9.97. The molecule has 0 saturated heterocycles. The van der Waals surface area contributed by atoms with Crippen LogP contribution in [0.2, 0.25) is 0 Å². The average molecular weight is 232 g/mol. The van der Waals surface area contributed by atoms with E-state index in [2.05, 4.69) is 16.2 Å². The first-order chi connectivity index (χ1) is 8.06. The fourth-order valence-corrected chi connectivity index (χ4v) is 1.32. The van der Waals surface area contributed by atoms with Crippen molar-refractivity contribution in [2.75, 3.05) is 24.3 Å². The molecular formula is C12H16N4O. The van der Waals surface area contributed by atoms with E-state index < -0.39 is 6.04 Å². The predicted molar refractivity (Wildman–Crippen MR) is 68.6 cm³/mol. The molecule has 5 heteroatoms. The number of hydrogen-bond acceptors (Lipinski definition) is 4. The Hall–Kier alpha value is -2.06. The quantitative estimate of drug-likeness (QED) is 0.739. The maximum absolute atomic E-state index is 11.7. The summed E-state index contributed by atoms with van der Waals surface area (Å²) in [6.07, 6.45) is 8.56. The van der Waals surface area contributed by atoms with Gasteiger partial charge in [-0.1, -0.05) is 0 Å². The summed E-state index contributed by atoms with van der Waals surface area (Å²) in [5.41, 5.74) is 7.10. The van der Waals surface area contributed by atoms with Crippen molar-refractivity contribution >= 4 is 17.3 Å². The number of aromatic nitrogens is 1. The van der Waals surface area contributed by atoms with Crippen LogP contribution in [-0.2, 0) is 4.79 Å². The van der Waals surface area contributed by atoms with E-state index in [1.807, 2.05) is 25.1 Å². The summed E-state index contributed by atoms with van der Waals surface area (Å²) in [6.45, 7) is 0. The van der Waals surface area contributed by atoms with Gasteiger partial charge in [0.05, 0.1) is 23.6 Å². The largest absolute Gasteiger partial charge is 0.376 e. The molecule has 0 aromatic carbocycles. The van der Waals surface area contributed by atoms with Crippen molar-refractivity contribution in [3.05, 3.63) is 18.5 Å². The number of nitrogens with two attached hydrogens (primary N) is 1. The van der Waals surface area contributed by atoms with Gasteiger partial charge in [-0.2, -0.15) is 0 Å². The monoisotopic (exact) mass is 232 g/mol. The molecule has 0 aliphatic rings. The van der Waals surface area contributed by atoms with Gasteiger partial charge >= 0.3 is 0 Å². The molecule has 0 radical (unpaired) electrons. The fraction of sp³-hybridized carbons (Fsp3) is 0.333. The number of rotatable bonds is 4. The molecule has 1 aromatic rings. The van der Waals surface area contributed by atoms with Gasteiger partial charge < -0.3 is 16.0 Å². The molecule has 3 N–H and O–H groups in total. The minimum absolute atomic E-state index is 0.212. The SMILES string of the molecule is C#CCC(N)C(=O)Nc1cnccc1N(C)C. The molecule has 1 atom stereocenters. The van der Waals surface area contributed by atoms with Gasteiger partial charge in [0, 0.05) is 26.7 Å². The van der Waals surface area contributed by atoms with Crippen molar-refractivity contribution in [1.82, 2.24) is 4.98 Å². The van der Waals surface area contributed by atoms with Crippen molar-refractivity contribution in [2.24, 2.45) is 5.73 Å². The fourth-order valence-electron chi connectivity index (χ4n) is 1.32. The van der Waals surface area contributed by atoms with Gasteiger partial charge in [0.2, 0.25) is 5.91 Å². The molecule has 90 valence electrons. The maximum Gasteiger partial charge on any atom is 0.242 e. The molecule has 0 aliphatic heterocycles.